The number of para-hydroxylation sites is 3. The molecule has 0 aliphatic carbocycles. The zero-order valence-electron chi connectivity index (χ0n) is 16.4. The summed E-state index contributed by atoms with van der Waals surface area (Å²) in [5, 5.41) is 8.61. The Bertz CT molecular complexity index is 1500. The van der Waals surface area contributed by atoms with Crippen LogP contribution in [0.25, 0.3) is 38.3 Å². The highest BCUT2D eigenvalue weighted by molar-refractivity contribution is 6.20. The van der Waals surface area contributed by atoms with Crippen molar-refractivity contribution in [3.63, 3.8) is 0 Å². The van der Waals surface area contributed by atoms with Gasteiger partial charge < -0.3 is 9.88 Å². The second-order valence-corrected chi connectivity index (χ2v) is 7.54. The molecule has 6 aromatic rings. The first-order valence-electron chi connectivity index (χ1n) is 10.2. The van der Waals surface area contributed by atoms with Crippen molar-refractivity contribution in [1.29, 1.82) is 0 Å². The van der Waals surface area contributed by atoms with Crippen molar-refractivity contribution in [3.05, 3.63) is 115 Å². The van der Waals surface area contributed by atoms with Crippen molar-refractivity contribution >= 4 is 44.0 Å². The summed E-state index contributed by atoms with van der Waals surface area (Å²) >= 11 is 0. The van der Waals surface area contributed by atoms with Gasteiger partial charge in [-0.1, -0.05) is 78.9 Å². The van der Waals surface area contributed by atoms with Gasteiger partial charge in [0, 0.05) is 38.6 Å². The quantitative estimate of drug-likeness (QED) is 0.331. The fourth-order valence-electron chi connectivity index (χ4n) is 4.45. The highest BCUT2D eigenvalue weighted by Gasteiger charge is 2.15. The minimum absolute atomic E-state index is 1.09. The molecule has 1 aromatic heterocycles. The Morgan fingerprint density at radius 1 is 0.467 bits per heavy atom. The number of rotatable bonds is 3. The molecular weight excluding hydrogens is 364 g/mol. The van der Waals surface area contributed by atoms with E-state index in [1.165, 1.54) is 38.3 Å². The fraction of sp³-hybridized carbons (Fsp3) is 0. The topological polar surface area (TPSA) is 17.0 Å². The van der Waals surface area contributed by atoms with Gasteiger partial charge in [0.25, 0.3) is 0 Å². The van der Waals surface area contributed by atoms with E-state index in [-0.39, 0.29) is 0 Å². The highest BCUT2D eigenvalue weighted by Crippen LogP contribution is 2.38. The maximum Gasteiger partial charge on any atom is 0.0620 e. The first-order valence-corrected chi connectivity index (χ1v) is 10.2. The molecule has 1 heterocycles. The van der Waals surface area contributed by atoms with Gasteiger partial charge in [-0.3, -0.25) is 0 Å². The number of aromatic nitrogens is 1. The lowest BCUT2D eigenvalue weighted by molar-refractivity contribution is 1.19. The number of fused-ring (bicyclic) bond motifs is 5. The Kier molecular flexibility index (Phi) is 3.82. The van der Waals surface area contributed by atoms with Crippen molar-refractivity contribution in [2.75, 3.05) is 5.32 Å². The van der Waals surface area contributed by atoms with Crippen LogP contribution in [0.5, 0.6) is 0 Å². The number of benzene rings is 5. The molecule has 0 aliphatic rings. The first kappa shape index (κ1) is 16.9. The van der Waals surface area contributed by atoms with E-state index < -0.39 is 0 Å². The third kappa shape index (κ3) is 2.58. The third-order valence-electron chi connectivity index (χ3n) is 5.76. The zero-order valence-corrected chi connectivity index (χ0v) is 16.4. The van der Waals surface area contributed by atoms with Crippen molar-refractivity contribution in [2.24, 2.45) is 0 Å². The van der Waals surface area contributed by atoms with E-state index in [2.05, 4.69) is 119 Å². The second-order valence-electron chi connectivity index (χ2n) is 7.54. The molecule has 2 nitrogen and oxygen atoms in total. The van der Waals surface area contributed by atoms with Gasteiger partial charge in [0.15, 0.2) is 0 Å². The summed E-state index contributed by atoms with van der Waals surface area (Å²) in [6, 6.07) is 40.6. The molecule has 30 heavy (non-hydrogen) atoms. The molecule has 0 bridgehead atoms. The zero-order chi connectivity index (χ0) is 19.9. The Balaban J connectivity index is 1.70. The smallest absolute Gasteiger partial charge is 0.0620 e. The molecule has 2 heteroatoms. The number of anilines is 2. The Morgan fingerprint density at radius 2 is 1.10 bits per heavy atom. The summed E-state index contributed by atoms with van der Waals surface area (Å²) in [5.74, 6) is 0. The van der Waals surface area contributed by atoms with Crippen molar-refractivity contribution in [2.45, 2.75) is 0 Å². The van der Waals surface area contributed by atoms with Gasteiger partial charge >= 0.3 is 0 Å². The van der Waals surface area contributed by atoms with Crippen LogP contribution in [-0.2, 0) is 0 Å². The summed E-state index contributed by atoms with van der Waals surface area (Å²) in [6.45, 7) is 0. The molecule has 0 radical (unpaired) electrons. The predicted molar refractivity (Wildman–Crippen MR) is 128 cm³/mol. The van der Waals surface area contributed by atoms with Crippen LogP contribution in [0.1, 0.15) is 0 Å². The SMILES string of the molecule is c1ccc(Nc2cccc3c2ccc2c4ccccc4n(-c4ccccc4)c32)cc1. The summed E-state index contributed by atoms with van der Waals surface area (Å²) in [6.07, 6.45) is 0. The maximum atomic E-state index is 3.60. The molecule has 0 amide bonds. The van der Waals surface area contributed by atoms with Crippen LogP contribution >= 0.6 is 0 Å². The van der Waals surface area contributed by atoms with E-state index in [0.29, 0.717) is 0 Å². The molecule has 0 atom stereocenters. The predicted octanol–water partition coefficient (Wildman–Crippen LogP) is 7.68. The average molecular weight is 384 g/mol. The second kappa shape index (κ2) is 6.78. The van der Waals surface area contributed by atoms with Gasteiger partial charge in [-0.15, -0.1) is 0 Å². The van der Waals surface area contributed by atoms with Crippen LogP contribution in [0.3, 0.4) is 0 Å². The van der Waals surface area contributed by atoms with Crippen LogP contribution in [0, 0.1) is 0 Å². The van der Waals surface area contributed by atoms with Crippen LogP contribution in [0.15, 0.2) is 115 Å². The van der Waals surface area contributed by atoms with Crippen molar-refractivity contribution in [3.8, 4) is 5.69 Å². The molecule has 142 valence electrons. The number of nitrogens with zero attached hydrogens (tertiary/aromatic N) is 1. The average Bonchev–Trinajstić information content (AvgIpc) is 3.15. The van der Waals surface area contributed by atoms with Crippen molar-refractivity contribution < 1.29 is 0 Å². The lowest BCUT2D eigenvalue weighted by Crippen LogP contribution is -1.95. The number of nitrogens with one attached hydrogen (secondary N) is 1. The van der Waals surface area contributed by atoms with E-state index in [1.54, 1.807) is 0 Å². The molecule has 0 aliphatic heterocycles. The lowest BCUT2D eigenvalue weighted by atomic mass is 10.0. The Labute approximate surface area is 175 Å². The monoisotopic (exact) mass is 384 g/mol. The van der Waals surface area contributed by atoms with Gasteiger partial charge in [0.05, 0.1) is 11.0 Å². The maximum absolute atomic E-state index is 3.60. The Morgan fingerprint density at radius 3 is 1.93 bits per heavy atom. The summed E-state index contributed by atoms with van der Waals surface area (Å²) in [7, 11) is 0. The molecule has 0 spiro atoms. The fourth-order valence-corrected chi connectivity index (χ4v) is 4.45. The summed E-state index contributed by atoms with van der Waals surface area (Å²) in [4.78, 5) is 0. The number of hydrogen-bond acceptors (Lipinski definition) is 1. The molecule has 0 fully saturated rings. The lowest BCUT2D eigenvalue weighted by Gasteiger charge is -2.13. The van der Waals surface area contributed by atoms with E-state index >= 15 is 0 Å². The molecule has 0 saturated carbocycles. The summed E-state index contributed by atoms with van der Waals surface area (Å²) in [5.41, 5.74) is 5.86. The first-order chi connectivity index (χ1) is 14.9. The third-order valence-corrected chi connectivity index (χ3v) is 5.76. The summed E-state index contributed by atoms with van der Waals surface area (Å²) < 4.78 is 2.39. The Hall–Kier alpha value is -4.04. The van der Waals surface area contributed by atoms with Gasteiger partial charge in [0.2, 0.25) is 0 Å². The van der Waals surface area contributed by atoms with Crippen LogP contribution in [0.4, 0.5) is 11.4 Å². The van der Waals surface area contributed by atoms with Crippen LogP contribution in [-0.4, -0.2) is 4.57 Å². The minimum Gasteiger partial charge on any atom is -0.355 e. The van der Waals surface area contributed by atoms with Crippen LogP contribution < -0.4 is 5.32 Å². The van der Waals surface area contributed by atoms with Crippen LogP contribution in [0.2, 0.25) is 0 Å². The molecule has 0 saturated heterocycles. The largest absolute Gasteiger partial charge is 0.355 e. The minimum atomic E-state index is 1.09. The van der Waals surface area contributed by atoms with E-state index in [1.807, 2.05) is 6.07 Å². The molecule has 1 N–H and O–H groups in total. The van der Waals surface area contributed by atoms with E-state index in [0.717, 1.165) is 11.4 Å². The van der Waals surface area contributed by atoms with E-state index in [4.69, 9.17) is 0 Å². The molecule has 5 aromatic carbocycles. The molecular formula is C28H20N2. The van der Waals surface area contributed by atoms with Crippen molar-refractivity contribution in [1.82, 2.24) is 4.57 Å². The van der Waals surface area contributed by atoms with Gasteiger partial charge in [-0.05, 0) is 36.4 Å². The normalized spacial score (nSPS) is 11.3. The van der Waals surface area contributed by atoms with Gasteiger partial charge in [-0.2, -0.15) is 0 Å². The highest BCUT2D eigenvalue weighted by atomic mass is 15.0. The van der Waals surface area contributed by atoms with E-state index in [9.17, 15) is 0 Å². The van der Waals surface area contributed by atoms with Gasteiger partial charge in [0.1, 0.15) is 0 Å². The molecule has 0 unspecified atom stereocenters. The standard InChI is InChI=1S/C28H20N2/c1-3-10-20(11-4-1)29-26-16-9-15-24-22(26)18-19-25-23-14-7-8-17-27(23)30(28(24)25)21-12-5-2-6-13-21/h1-19,29H. The molecule has 6 rings (SSSR count). The van der Waals surface area contributed by atoms with Gasteiger partial charge in [-0.25, -0.2) is 0 Å². The number of hydrogen-bond donors (Lipinski definition) is 1.